The van der Waals surface area contributed by atoms with Crippen molar-refractivity contribution in [1.82, 2.24) is 0 Å². The number of halogens is 1. The smallest absolute Gasteiger partial charge is 0.203 e. The Bertz CT molecular complexity index is 272. The summed E-state index contributed by atoms with van der Waals surface area (Å²) in [5.41, 5.74) is 5.35. The maximum atomic E-state index is 5.42. The Balaban J connectivity index is 0.00000196. The number of ether oxygens (including phenoxy) is 3. The Kier molecular flexibility index (Phi) is 6.66. The van der Waals surface area contributed by atoms with Crippen molar-refractivity contribution in [2.75, 3.05) is 27.4 Å². The standard InChI is InChI=1S/C10H15NO3.ClH/c1-12-8-4-3-5-9(13-2)10(8)14-7-6-11;/h3-5H,6-7,11H2,1-2H3;1H. The molecule has 0 aliphatic rings. The molecule has 0 saturated carbocycles. The molecule has 0 amide bonds. The van der Waals surface area contributed by atoms with Crippen LogP contribution in [0, 0.1) is 0 Å². The van der Waals surface area contributed by atoms with E-state index in [0.717, 1.165) is 0 Å². The molecule has 15 heavy (non-hydrogen) atoms. The van der Waals surface area contributed by atoms with Gasteiger partial charge in [-0.3, -0.25) is 0 Å². The average Bonchev–Trinajstić information content (AvgIpc) is 2.25. The van der Waals surface area contributed by atoms with Crippen LogP contribution in [-0.4, -0.2) is 27.4 Å². The van der Waals surface area contributed by atoms with Crippen molar-refractivity contribution in [1.29, 1.82) is 0 Å². The van der Waals surface area contributed by atoms with Crippen LogP contribution in [0.25, 0.3) is 0 Å². The first kappa shape index (κ1) is 13.9. The number of nitrogens with two attached hydrogens (primary N) is 1. The van der Waals surface area contributed by atoms with Crippen LogP contribution in [0.5, 0.6) is 17.2 Å². The lowest BCUT2D eigenvalue weighted by Crippen LogP contribution is -2.11. The Labute approximate surface area is 95.7 Å². The molecule has 0 radical (unpaired) electrons. The molecule has 0 unspecified atom stereocenters. The van der Waals surface area contributed by atoms with E-state index >= 15 is 0 Å². The monoisotopic (exact) mass is 233 g/mol. The fourth-order valence-corrected chi connectivity index (χ4v) is 1.12. The van der Waals surface area contributed by atoms with Gasteiger partial charge in [-0.25, -0.2) is 0 Å². The Morgan fingerprint density at radius 1 is 1.13 bits per heavy atom. The summed E-state index contributed by atoms with van der Waals surface area (Å²) >= 11 is 0. The molecular formula is C10H16ClNO3. The molecule has 1 rings (SSSR count). The zero-order valence-electron chi connectivity index (χ0n) is 8.86. The summed E-state index contributed by atoms with van der Waals surface area (Å²) in [5.74, 6) is 1.90. The second-order valence-electron chi connectivity index (χ2n) is 2.63. The van der Waals surface area contributed by atoms with E-state index in [1.807, 2.05) is 18.2 Å². The molecule has 0 aliphatic heterocycles. The molecule has 2 N–H and O–H groups in total. The van der Waals surface area contributed by atoms with Crippen molar-refractivity contribution in [2.24, 2.45) is 5.73 Å². The van der Waals surface area contributed by atoms with Crippen molar-refractivity contribution in [2.45, 2.75) is 0 Å². The summed E-state index contributed by atoms with van der Waals surface area (Å²) in [5, 5.41) is 0. The number of para-hydroxylation sites is 1. The Morgan fingerprint density at radius 3 is 2.07 bits per heavy atom. The Hall–Kier alpha value is -1.13. The van der Waals surface area contributed by atoms with E-state index < -0.39 is 0 Å². The molecule has 1 aromatic carbocycles. The molecule has 4 nitrogen and oxygen atoms in total. The molecule has 0 aliphatic carbocycles. The highest BCUT2D eigenvalue weighted by Crippen LogP contribution is 2.36. The van der Waals surface area contributed by atoms with Crippen LogP contribution in [0.15, 0.2) is 18.2 Å². The van der Waals surface area contributed by atoms with E-state index in [0.29, 0.717) is 30.4 Å². The van der Waals surface area contributed by atoms with Gasteiger partial charge >= 0.3 is 0 Å². The summed E-state index contributed by atoms with van der Waals surface area (Å²) < 4.78 is 15.7. The first-order valence-corrected chi connectivity index (χ1v) is 4.37. The predicted molar refractivity (Wildman–Crippen MR) is 61.3 cm³/mol. The number of hydrogen-bond acceptors (Lipinski definition) is 4. The van der Waals surface area contributed by atoms with E-state index in [1.54, 1.807) is 14.2 Å². The van der Waals surface area contributed by atoms with Crippen molar-refractivity contribution >= 4 is 12.4 Å². The van der Waals surface area contributed by atoms with E-state index in [1.165, 1.54) is 0 Å². The summed E-state index contributed by atoms with van der Waals surface area (Å²) in [7, 11) is 3.17. The van der Waals surface area contributed by atoms with Gasteiger partial charge in [-0.05, 0) is 12.1 Å². The van der Waals surface area contributed by atoms with Gasteiger partial charge in [-0.1, -0.05) is 6.07 Å². The van der Waals surface area contributed by atoms with Crippen LogP contribution in [0.4, 0.5) is 0 Å². The lowest BCUT2D eigenvalue weighted by atomic mass is 10.3. The molecule has 0 aromatic heterocycles. The fourth-order valence-electron chi connectivity index (χ4n) is 1.12. The minimum absolute atomic E-state index is 0. The normalized spacial score (nSPS) is 9.00. The van der Waals surface area contributed by atoms with Crippen LogP contribution in [-0.2, 0) is 0 Å². The average molecular weight is 234 g/mol. The molecule has 0 bridgehead atoms. The third-order valence-electron chi connectivity index (χ3n) is 1.75. The van der Waals surface area contributed by atoms with Gasteiger partial charge in [0.25, 0.3) is 0 Å². The van der Waals surface area contributed by atoms with Crippen LogP contribution in [0.2, 0.25) is 0 Å². The molecule has 86 valence electrons. The Morgan fingerprint density at radius 2 is 1.67 bits per heavy atom. The molecule has 0 spiro atoms. The zero-order valence-corrected chi connectivity index (χ0v) is 9.67. The van der Waals surface area contributed by atoms with E-state index in [2.05, 4.69) is 0 Å². The molecule has 0 saturated heterocycles. The minimum atomic E-state index is 0. The van der Waals surface area contributed by atoms with Gasteiger partial charge in [-0.15, -0.1) is 12.4 Å². The van der Waals surface area contributed by atoms with Gasteiger partial charge in [-0.2, -0.15) is 0 Å². The third kappa shape index (κ3) is 3.49. The second-order valence-corrected chi connectivity index (χ2v) is 2.63. The van der Waals surface area contributed by atoms with Crippen molar-refractivity contribution < 1.29 is 14.2 Å². The predicted octanol–water partition coefficient (Wildman–Crippen LogP) is 1.46. The lowest BCUT2D eigenvalue weighted by molar-refractivity contribution is 0.281. The van der Waals surface area contributed by atoms with E-state index in [4.69, 9.17) is 19.9 Å². The van der Waals surface area contributed by atoms with Crippen LogP contribution < -0.4 is 19.9 Å². The summed E-state index contributed by atoms with van der Waals surface area (Å²) in [6.45, 7) is 0.901. The fraction of sp³-hybridized carbons (Fsp3) is 0.400. The largest absolute Gasteiger partial charge is 0.493 e. The minimum Gasteiger partial charge on any atom is -0.493 e. The topological polar surface area (TPSA) is 53.7 Å². The molecule has 1 aromatic rings. The second kappa shape index (κ2) is 7.20. The molecule has 5 heteroatoms. The number of rotatable bonds is 5. The van der Waals surface area contributed by atoms with Crippen molar-refractivity contribution in [3.63, 3.8) is 0 Å². The highest BCUT2D eigenvalue weighted by molar-refractivity contribution is 5.85. The van der Waals surface area contributed by atoms with Crippen molar-refractivity contribution in [3.05, 3.63) is 18.2 Å². The highest BCUT2D eigenvalue weighted by atomic mass is 35.5. The number of hydrogen-bond donors (Lipinski definition) is 1. The van der Waals surface area contributed by atoms with Gasteiger partial charge < -0.3 is 19.9 Å². The van der Waals surface area contributed by atoms with Gasteiger partial charge in [0.15, 0.2) is 11.5 Å². The zero-order chi connectivity index (χ0) is 10.4. The molecule has 0 atom stereocenters. The lowest BCUT2D eigenvalue weighted by Gasteiger charge is -2.13. The third-order valence-corrected chi connectivity index (χ3v) is 1.75. The van der Waals surface area contributed by atoms with Crippen LogP contribution in [0.1, 0.15) is 0 Å². The number of methoxy groups -OCH3 is 2. The van der Waals surface area contributed by atoms with Crippen LogP contribution in [0.3, 0.4) is 0 Å². The van der Waals surface area contributed by atoms with E-state index in [9.17, 15) is 0 Å². The van der Waals surface area contributed by atoms with Gasteiger partial charge in [0.1, 0.15) is 6.61 Å². The summed E-state index contributed by atoms with van der Waals surface area (Å²) in [6, 6.07) is 5.47. The highest BCUT2D eigenvalue weighted by Gasteiger charge is 2.09. The molecule has 0 fully saturated rings. The summed E-state index contributed by atoms with van der Waals surface area (Å²) in [4.78, 5) is 0. The van der Waals surface area contributed by atoms with Crippen molar-refractivity contribution in [3.8, 4) is 17.2 Å². The maximum Gasteiger partial charge on any atom is 0.203 e. The SMILES string of the molecule is COc1cccc(OC)c1OCCN.Cl. The van der Waals surface area contributed by atoms with Gasteiger partial charge in [0, 0.05) is 6.54 Å². The van der Waals surface area contributed by atoms with Gasteiger partial charge in [0.2, 0.25) is 5.75 Å². The number of benzene rings is 1. The quantitative estimate of drug-likeness (QED) is 0.837. The van der Waals surface area contributed by atoms with E-state index in [-0.39, 0.29) is 12.4 Å². The van der Waals surface area contributed by atoms with Gasteiger partial charge in [0.05, 0.1) is 14.2 Å². The molecular weight excluding hydrogens is 218 g/mol. The molecule has 0 heterocycles. The first-order chi connectivity index (χ1) is 6.83. The summed E-state index contributed by atoms with van der Waals surface area (Å²) in [6.07, 6.45) is 0. The maximum absolute atomic E-state index is 5.42. The first-order valence-electron chi connectivity index (χ1n) is 4.37. The van der Waals surface area contributed by atoms with Crippen LogP contribution >= 0.6 is 12.4 Å².